The molecule has 0 amide bonds. The Morgan fingerprint density at radius 3 is 2.33 bits per heavy atom. The number of rotatable bonds is 2. The normalized spacial score (nSPS) is 25.7. The van der Waals surface area contributed by atoms with Crippen LogP contribution < -0.4 is 0 Å². The Bertz CT molecular complexity index is 598. The topological polar surface area (TPSA) is 3.24 Å². The van der Waals surface area contributed by atoms with Crippen LogP contribution in [0.3, 0.4) is 0 Å². The molecule has 0 unspecified atom stereocenters. The van der Waals surface area contributed by atoms with Crippen LogP contribution in [0.15, 0.2) is 54.6 Å². The molecule has 0 radical (unpaired) electrons. The van der Waals surface area contributed by atoms with Crippen molar-refractivity contribution in [3.05, 3.63) is 71.3 Å². The molecule has 1 fully saturated rings. The Morgan fingerprint density at radius 2 is 1.52 bits per heavy atom. The van der Waals surface area contributed by atoms with E-state index in [0.29, 0.717) is 5.92 Å². The standard InChI is InChI=1S/C20H23N/c1-2-8-16(9-3-1)20-15-18(21-12-6-7-13-21)14-17-10-4-5-11-19(17)20/h1-5,8-11,18,20H,6-7,12-15H2/t18-,20-/m1/s1. The molecule has 1 heteroatoms. The Morgan fingerprint density at radius 1 is 0.810 bits per heavy atom. The zero-order valence-corrected chi connectivity index (χ0v) is 12.5. The summed E-state index contributed by atoms with van der Waals surface area (Å²) in [6.45, 7) is 2.60. The van der Waals surface area contributed by atoms with Gasteiger partial charge in [0.25, 0.3) is 0 Å². The molecule has 1 saturated heterocycles. The molecule has 0 aromatic heterocycles. The van der Waals surface area contributed by atoms with Gasteiger partial charge in [0, 0.05) is 12.0 Å². The highest BCUT2D eigenvalue weighted by Gasteiger charge is 2.32. The fourth-order valence-electron chi connectivity index (χ4n) is 4.18. The van der Waals surface area contributed by atoms with Crippen molar-refractivity contribution in [2.75, 3.05) is 13.1 Å². The summed E-state index contributed by atoms with van der Waals surface area (Å²) in [5.74, 6) is 0.571. The fourth-order valence-corrected chi connectivity index (χ4v) is 4.18. The summed E-state index contributed by atoms with van der Waals surface area (Å²) in [6, 6.07) is 20.9. The molecule has 1 aliphatic carbocycles. The SMILES string of the molecule is c1ccc([C@H]2C[C@H](N3CCCC3)Cc3ccccc32)cc1. The van der Waals surface area contributed by atoms with E-state index in [1.807, 2.05) is 0 Å². The molecule has 0 saturated carbocycles. The Kier molecular flexibility index (Phi) is 3.52. The van der Waals surface area contributed by atoms with Crippen molar-refractivity contribution in [3.63, 3.8) is 0 Å². The molecule has 1 nitrogen and oxygen atoms in total. The van der Waals surface area contributed by atoms with Gasteiger partial charge in [-0.3, -0.25) is 0 Å². The summed E-state index contributed by atoms with van der Waals surface area (Å²) >= 11 is 0. The molecule has 2 aromatic carbocycles. The molecule has 1 aliphatic heterocycles. The average molecular weight is 277 g/mol. The molecule has 2 aliphatic rings. The second-order valence-corrected chi connectivity index (χ2v) is 6.50. The first kappa shape index (κ1) is 13.1. The maximum absolute atomic E-state index is 2.73. The molecule has 0 bridgehead atoms. The molecule has 0 spiro atoms. The highest BCUT2D eigenvalue weighted by molar-refractivity contribution is 5.41. The number of hydrogen-bond acceptors (Lipinski definition) is 1. The van der Waals surface area contributed by atoms with E-state index in [-0.39, 0.29) is 0 Å². The molecule has 21 heavy (non-hydrogen) atoms. The highest BCUT2D eigenvalue weighted by atomic mass is 15.2. The van der Waals surface area contributed by atoms with Crippen LogP contribution in [-0.4, -0.2) is 24.0 Å². The lowest BCUT2D eigenvalue weighted by Gasteiger charge is -2.37. The molecule has 4 rings (SSSR count). The summed E-state index contributed by atoms with van der Waals surface area (Å²) < 4.78 is 0. The van der Waals surface area contributed by atoms with Gasteiger partial charge >= 0.3 is 0 Å². The van der Waals surface area contributed by atoms with Crippen LogP contribution in [-0.2, 0) is 6.42 Å². The molecular weight excluding hydrogens is 254 g/mol. The summed E-state index contributed by atoms with van der Waals surface area (Å²) in [5, 5.41) is 0. The Hall–Kier alpha value is -1.60. The van der Waals surface area contributed by atoms with Crippen LogP contribution in [0.1, 0.15) is 41.9 Å². The quantitative estimate of drug-likeness (QED) is 0.794. The second kappa shape index (κ2) is 5.65. The molecule has 2 atom stereocenters. The van der Waals surface area contributed by atoms with Gasteiger partial charge in [-0.1, -0.05) is 54.6 Å². The molecule has 2 aromatic rings. The van der Waals surface area contributed by atoms with Gasteiger partial charge in [-0.15, -0.1) is 0 Å². The fraction of sp³-hybridized carbons (Fsp3) is 0.400. The minimum Gasteiger partial charge on any atom is -0.300 e. The third-order valence-electron chi connectivity index (χ3n) is 5.25. The molecule has 108 valence electrons. The van der Waals surface area contributed by atoms with E-state index in [4.69, 9.17) is 0 Å². The van der Waals surface area contributed by atoms with Gasteiger partial charge in [0.05, 0.1) is 0 Å². The van der Waals surface area contributed by atoms with Crippen molar-refractivity contribution in [1.82, 2.24) is 4.90 Å². The van der Waals surface area contributed by atoms with Crippen molar-refractivity contribution >= 4 is 0 Å². The number of fused-ring (bicyclic) bond motifs is 1. The van der Waals surface area contributed by atoms with E-state index >= 15 is 0 Å². The smallest absolute Gasteiger partial charge is 0.0145 e. The Balaban J connectivity index is 1.71. The van der Waals surface area contributed by atoms with Crippen molar-refractivity contribution in [2.24, 2.45) is 0 Å². The van der Waals surface area contributed by atoms with Gasteiger partial charge in [0.15, 0.2) is 0 Å². The first-order chi connectivity index (χ1) is 10.4. The first-order valence-corrected chi connectivity index (χ1v) is 8.28. The maximum atomic E-state index is 2.73. The number of benzene rings is 2. The van der Waals surface area contributed by atoms with Crippen LogP contribution in [0.4, 0.5) is 0 Å². The summed E-state index contributed by atoms with van der Waals surface area (Å²) in [5.41, 5.74) is 4.60. The lowest BCUT2D eigenvalue weighted by Crippen LogP contribution is -2.38. The van der Waals surface area contributed by atoms with E-state index in [1.54, 1.807) is 11.1 Å². The van der Waals surface area contributed by atoms with E-state index in [9.17, 15) is 0 Å². The molecule has 1 heterocycles. The van der Waals surface area contributed by atoms with Crippen molar-refractivity contribution < 1.29 is 0 Å². The molecular formula is C20H23N. The van der Waals surface area contributed by atoms with E-state index < -0.39 is 0 Å². The predicted molar refractivity (Wildman–Crippen MR) is 87.6 cm³/mol. The van der Waals surface area contributed by atoms with E-state index in [2.05, 4.69) is 59.5 Å². The van der Waals surface area contributed by atoms with Crippen molar-refractivity contribution in [3.8, 4) is 0 Å². The number of hydrogen-bond donors (Lipinski definition) is 0. The maximum Gasteiger partial charge on any atom is 0.0145 e. The summed E-state index contributed by atoms with van der Waals surface area (Å²) in [6.07, 6.45) is 5.28. The minimum atomic E-state index is 0.571. The summed E-state index contributed by atoms with van der Waals surface area (Å²) in [4.78, 5) is 2.73. The lowest BCUT2D eigenvalue weighted by molar-refractivity contribution is 0.215. The average Bonchev–Trinajstić information content (AvgIpc) is 3.09. The van der Waals surface area contributed by atoms with Gasteiger partial charge in [-0.25, -0.2) is 0 Å². The second-order valence-electron chi connectivity index (χ2n) is 6.50. The zero-order valence-electron chi connectivity index (χ0n) is 12.5. The van der Waals surface area contributed by atoms with Gasteiger partial charge in [-0.05, 0) is 55.5 Å². The van der Waals surface area contributed by atoms with Gasteiger partial charge < -0.3 is 4.90 Å². The van der Waals surface area contributed by atoms with Gasteiger partial charge in [-0.2, -0.15) is 0 Å². The van der Waals surface area contributed by atoms with Crippen LogP contribution >= 0.6 is 0 Å². The number of nitrogens with zero attached hydrogens (tertiary/aromatic N) is 1. The third-order valence-corrected chi connectivity index (χ3v) is 5.25. The van der Waals surface area contributed by atoms with Crippen molar-refractivity contribution in [1.29, 1.82) is 0 Å². The van der Waals surface area contributed by atoms with Crippen LogP contribution in [0.5, 0.6) is 0 Å². The lowest BCUT2D eigenvalue weighted by atomic mass is 9.76. The monoisotopic (exact) mass is 277 g/mol. The largest absolute Gasteiger partial charge is 0.300 e. The predicted octanol–water partition coefficient (Wildman–Crippen LogP) is 4.23. The highest BCUT2D eigenvalue weighted by Crippen LogP contribution is 2.38. The van der Waals surface area contributed by atoms with Gasteiger partial charge in [0.2, 0.25) is 0 Å². The van der Waals surface area contributed by atoms with Crippen LogP contribution in [0.2, 0.25) is 0 Å². The first-order valence-electron chi connectivity index (χ1n) is 8.28. The molecule has 0 N–H and O–H groups in total. The van der Waals surface area contributed by atoms with Gasteiger partial charge in [0.1, 0.15) is 0 Å². The summed E-state index contributed by atoms with van der Waals surface area (Å²) in [7, 11) is 0. The zero-order chi connectivity index (χ0) is 14.1. The van der Waals surface area contributed by atoms with E-state index in [0.717, 1.165) is 6.04 Å². The van der Waals surface area contributed by atoms with Crippen molar-refractivity contribution in [2.45, 2.75) is 37.6 Å². The van der Waals surface area contributed by atoms with E-state index in [1.165, 1.54) is 44.3 Å². The Labute approximate surface area is 127 Å². The minimum absolute atomic E-state index is 0.571. The van der Waals surface area contributed by atoms with Crippen LogP contribution in [0, 0.1) is 0 Å². The number of likely N-dealkylation sites (tertiary alicyclic amines) is 1. The third kappa shape index (κ3) is 2.51. The van der Waals surface area contributed by atoms with Crippen LogP contribution in [0.25, 0.3) is 0 Å².